The van der Waals surface area contributed by atoms with Crippen LogP contribution in [0.25, 0.3) is 0 Å². The molecule has 1 saturated heterocycles. The molecule has 0 amide bonds. The van der Waals surface area contributed by atoms with Gasteiger partial charge >= 0.3 is 0 Å². The molecule has 3 aromatic rings. The van der Waals surface area contributed by atoms with Gasteiger partial charge in [0.2, 0.25) is 5.79 Å². The molecule has 2 aliphatic rings. The van der Waals surface area contributed by atoms with Gasteiger partial charge in [-0.15, -0.1) is 0 Å². The Morgan fingerprint density at radius 1 is 0.705 bits per heavy atom. The zero-order valence-electron chi connectivity index (χ0n) is 26.8. The first-order chi connectivity index (χ1) is 21.2. The topological polar surface area (TPSA) is 55.4 Å². The maximum absolute atomic E-state index is 7.00. The van der Waals surface area contributed by atoms with Gasteiger partial charge in [-0.05, 0) is 34.8 Å². The largest absolute Gasteiger partial charge is 0.414 e. The standard InChI is InChI=1S/C37H48O6Si/c1-36(2,3)44(4,5)42-28-32-33(38-25-29-17-9-6-10-18-29)34(39-26-30-19-11-7-12-20-30)35(37(43-32)23-15-16-24-41-37)40-27-31-21-13-8-14-22-31/h6-22,32-35H,23-28H2,1-5H3/t32-,33-,34+,35-,37+/m1/s1. The van der Waals surface area contributed by atoms with Crippen molar-refractivity contribution in [2.24, 2.45) is 0 Å². The molecule has 2 heterocycles. The first kappa shape index (κ1) is 32.8. The lowest BCUT2D eigenvalue weighted by Gasteiger charge is -2.53. The van der Waals surface area contributed by atoms with E-state index in [1.54, 1.807) is 0 Å². The Kier molecular flexibility index (Phi) is 10.9. The van der Waals surface area contributed by atoms with Gasteiger partial charge in [0.25, 0.3) is 0 Å². The van der Waals surface area contributed by atoms with E-state index in [1.165, 1.54) is 0 Å². The smallest absolute Gasteiger partial charge is 0.201 e. The van der Waals surface area contributed by atoms with Crippen LogP contribution in [0, 0.1) is 0 Å². The predicted octanol–water partition coefficient (Wildman–Crippen LogP) is 7.84. The predicted molar refractivity (Wildman–Crippen MR) is 176 cm³/mol. The lowest BCUT2D eigenvalue weighted by Crippen LogP contribution is -2.68. The molecule has 2 aliphatic heterocycles. The van der Waals surface area contributed by atoms with E-state index in [1.807, 2.05) is 60.7 Å². The third-order valence-corrected chi connectivity index (χ3v) is 13.5. The van der Waals surface area contributed by atoms with Crippen molar-refractivity contribution in [2.45, 2.75) is 95.3 Å². The Hall–Kier alpha value is -2.62. The molecule has 0 bridgehead atoms. The Labute approximate surface area is 264 Å². The van der Waals surface area contributed by atoms with Gasteiger partial charge in [-0.2, -0.15) is 0 Å². The first-order valence-electron chi connectivity index (χ1n) is 15.7. The highest BCUT2D eigenvalue weighted by Gasteiger charge is 2.58. The first-order valence-corrected chi connectivity index (χ1v) is 18.6. The summed E-state index contributed by atoms with van der Waals surface area (Å²) in [4.78, 5) is 0. The molecule has 6 nitrogen and oxygen atoms in total. The van der Waals surface area contributed by atoms with Crippen LogP contribution < -0.4 is 0 Å². The SMILES string of the molecule is CC(C)(C)[Si](C)(C)OC[C@H]1O[C@@]2(CC=CCO2)[C@H](OCc2ccccc2)[C@@H](OCc2ccccc2)[C@@H]1OCc1ccccc1. The van der Waals surface area contributed by atoms with E-state index in [9.17, 15) is 0 Å². The van der Waals surface area contributed by atoms with E-state index < -0.39 is 38.5 Å². The summed E-state index contributed by atoms with van der Waals surface area (Å²) >= 11 is 0. The summed E-state index contributed by atoms with van der Waals surface area (Å²) in [7, 11) is -2.10. The van der Waals surface area contributed by atoms with Gasteiger partial charge in [0.05, 0.1) is 33.0 Å². The van der Waals surface area contributed by atoms with E-state index >= 15 is 0 Å². The van der Waals surface area contributed by atoms with Crippen molar-refractivity contribution in [3.8, 4) is 0 Å². The molecule has 0 radical (unpaired) electrons. The van der Waals surface area contributed by atoms with Gasteiger partial charge < -0.3 is 28.1 Å². The molecule has 7 heteroatoms. The van der Waals surface area contributed by atoms with Gasteiger partial charge in [-0.25, -0.2) is 0 Å². The third-order valence-electron chi connectivity index (χ3n) is 9.02. The van der Waals surface area contributed by atoms with Crippen molar-refractivity contribution in [1.29, 1.82) is 0 Å². The Bertz CT molecular complexity index is 1310. The fourth-order valence-corrected chi connectivity index (χ4v) is 6.42. The quantitative estimate of drug-likeness (QED) is 0.153. The molecule has 0 aliphatic carbocycles. The molecule has 0 aromatic heterocycles. The zero-order valence-corrected chi connectivity index (χ0v) is 27.8. The summed E-state index contributed by atoms with van der Waals surface area (Å²) in [5.41, 5.74) is 3.23. The van der Waals surface area contributed by atoms with Crippen molar-refractivity contribution >= 4 is 8.32 Å². The van der Waals surface area contributed by atoms with Crippen LogP contribution in [0.2, 0.25) is 18.1 Å². The molecule has 44 heavy (non-hydrogen) atoms. The minimum atomic E-state index is -2.10. The molecule has 0 unspecified atom stereocenters. The summed E-state index contributed by atoms with van der Waals surface area (Å²) < 4.78 is 40.7. The molecule has 0 saturated carbocycles. The average Bonchev–Trinajstić information content (AvgIpc) is 3.03. The summed E-state index contributed by atoms with van der Waals surface area (Å²) in [5, 5.41) is 0.0500. The van der Waals surface area contributed by atoms with Crippen molar-refractivity contribution < 1.29 is 28.1 Å². The van der Waals surface area contributed by atoms with Crippen LogP contribution in [-0.4, -0.2) is 51.7 Å². The minimum absolute atomic E-state index is 0.0500. The van der Waals surface area contributed by atoms with Gasteiger partial charge in [0.15, 0.2) is 8.32 Å². The van der Waals surface area contributed by atoms with Crippen LogP contribution in [0.3, 0.4) is 0 Å². The highest BCUT2D eigenvalue weighted by atomic mass is 28.4. The molecule has 5 rings (SSSR count). The van der Waals surface area contributed by atoms with Crippen LogP contribution in [0.5, 0.6) is 0 Å². The van der Waals surface area contributed by atoms with E-state index in [-0.39, 0.29) is 5.04 Å². The molecule has 5 atom stereocenters. The summed E-state index contributed by atoms with van der Waals surface area (Å²) in [6.45, 7) is 13.3. The molecule has 0 N–H and O–H groups in total. The Morgan fingerprint density at radius 3 is 1.68 bits per heavy atom. The third kappa shape index (κ3) is 8.15. The molecule has 3 aromatic carbocycles. The van der Waals surface area contributed by atoms with E-state index in [4.69, 9.17) is 28.1 Å². The summed E-state index contributed by atoms with van der Waals surface area (Å²) in [6.07, 6.45) is 2.74. The molecular weight excluding hydrogens is 568 g/mol. The maximum atomic E-state index is 7.00. The van der Waals surface area contributed by atoms with E-state index in [0.29, 0.717) is 39.5 Å². The normalized spacial score (nSPS) is 25.8. The molecule has 1 spiro atoms. The minimum Gasteiger partial charge on any atom is -0.414 e. The van der Waals surface area contributed by atoms with Crippen LogP contribution in [0.4, 0.5) is 0 Å². The number of hydrogen-bond acceptors (Lipinski definition) is 6. The monoisotopic (exact) mass is 616 g/mol. The van der Waals surface area contributed by atoms with Gasteiger partial charge in [-0.3, -0.25) is 0 Å². The second kappa shape index (κ2) is 14.6. The molecule has 236 valence electrons. The second-order valence-electron chi connectivity index (χ2n) is 13.3. The van der Waals surface area contributed by atoms with Crippen LogP contribution >= 0.6 is 0 Å². The van der Waals surface area contributed by atoms with Crippen molar-refractivity contribution in [2.75, 3.05) is 13.2 Å². The number of ether oxygens (including phenoxy) is 5. The van der Waals surface area contributed by atoms with Gasteiger partial charge in [0.1, 0.15) is 24.4 Å². The average molecular weight is 617 g/mol. The number of hydrogen-bond donors (Lipinski definition) is 0. The lowest BCUT2D eigenvalue weighted by atomic mass is 9.88. The van der Waals surface area contributed by atoms with Crippen molar-refractivity contribution in [3.63, 3.8) is 0 Å². The fraction of sp³-hybridized carbons (Fsp3) is 0.459. The van der Waals surface area contributed by atoms with Gasteiger partial charge in [0, 0.05) is 6.42 Å². The summed E-state index contributed by atoms with van der Waals surface area (Å²) in [5.74, 6) is -1.04. The Balaban J connectivity index is 1.50. The van der Waals surface area contributed by atoms with E-state index in [0.717, 1.165) is 16.7 Å². The lowest BCUT2D eigenvalue weighted by molar-refractivity contribution is -0.380. The van der Waals surface area contributed by atoms with Gasteiger partial charge in [-0.1, -0.05) is 124 Å². The van der Waals surface area contributed by atoms with Crippen LogP contribution in [0.1, 0.15) is 43.9 Å². The van der Waals surface area contributed by atoms with E-state index in [2.05, 4.69) is 76.3 Å². The second-order valence-corrected chi connectivity index (χ2v) is 18.1. The Morgan fingerprint density at radius 2 is 1.20 bits per heavy atom. The summed E-state index contributed by atoms with van der Waals surface area (Å²) in [6, 6.07) is 30.6. The van der Waals surface area contributed by atoms with Crippen molar-refractivity contribution in [1.82, 2.24) is 0 Å². The molecule has 1 fully saturated rings. The highest BCUT2D eigenvalue weighted by molar-refractivity contribution is 6.74. The number of rotatable bonds is 12. The van der Waals surface area contributed by atoms with Crippen molar-refractivity contribution in [3.05, 3.63) is 120 Å². The maximum Gasteiger partial charge on any atom is 0.201 e. The van der Waals surface area contributed by atoms with Crippen LogP contribution in [0.15, 0.2) is 103 Å². The number of benzene rings is 3. The van der Waals surface area contributed by atoms with Crippen LogP contribution in [-0.2, 0) is 47.9 Å². The fourth-order valence-electron chi connectivity index (χ4n) is 5.40. The highest BCUT2D eigenvalue weighted by Crippen LogP contribution is 2.42. The molecular formula is C37H48O6Si. The zero-order chi connectivity index (χ0) is 31.0.